The van der Waals surface area contributed by atoms with Gasteiger partial charge in [0.2, 0.25) is 0 Å². The number of aldehydes is 1. The average Bonchev–Trinajstić information content (AvgIpc) is 2.58. The predicted molar refractivity (Wildman–Crippen MR) is 97.8 cm³/mol. The average molecular weight is 438 g/mol. The quantitative estimate of drug-likeness (QED) is 0.270. The molecule has 0 fully saturated rings. The first-order valence-electron chi connectivity index (χ1n) is 6.89. The van der Waals surface area contributed by atoms with Crippen LogP contribution in [0.15, 0.2) is 59.1 Å². The van der Waals surface area contributed by atoms with Gasteiger partial charge in [0.1, 0.15) is 12.4 Å². The summed E-state index contributed by atoms with van der Waals surface area (Å²) in [5.74, 6) is 0.365. The lowest BCUT2D eigenvalue weighted by atomic mass is 9.99. The zero-order chi connectivity index (χ0) is 16.7. The van der Waals surface area contributed by atoms with E-state index >= 15 is 0 Å². The molecule has 3 nitrogen and oxygen atoms in total. The summed E-state index contributed by atoms with van der Waals surface area (Å²) in [5.41, 5.74) is 1.22. The molecule has 0 heterocycles. The number of allylic oxidation sites excluding steroid dienone is 1. The normalized spacial score (nSPS) is 10.7. The summed E-state index contributed by atoms with van der Waals surface area (Å²) in [6.45, 7) is 0.407. The molecular formula is C18H14Br2O3. The van der Waals surface area contributed by atoms with Gasteiger partial charge in [0.15, 0.2) is 12.1 Å². The Hall–Kier alpha value is -1.72. The van der Waals surface area contributed by atoms with Gasteiger partial charge in [0.25, 0.3) is 0 Å². The minimum Gasteiger partial charge on any atom is -0.490 e. The summed E-state index contributed by atoms with van der Waals surface area (Å²) in [6, 6.07) is 11.9. The van der Waals surface area contributed by atoms with Crippen molar-refractivity contribution in [1.82, 2.24) is 0 Å². The fourth-order valence-electron chi connectivity index (χ4n) is 1.97. The van der Waals surface area contributed by atoms with E-state index in [9.17, 15) is 9.59 Å². The van der Waals surface area contributed by atoms with Gasteiger partial charge in [-0.2, -0.15) is 0 Å². The number of halogens is 2. The van der Waals surface area contributed by atoms with Crippen LogP contribution < -0.4 is 4.74 Å². The van der Waals surface area contributed by atoms with Gasteiger partial charge in [0, 0.05) is 26.5 Å². The molecule has 0 bridgehead atoms. The second-order valence-electron chi connectivity index (χ2n) is 4.64. The summed E-state index contributed by atoms with van der Waals surface area (Å²) < 4.78 is 6.42. The molecule has 0 unspecified atom stereocenters. The van der Waals surface area contributed by atoms with E-state index in [2.05, 4.69) is 31.9 Å². The number of ether oxygens (including phenoxy) is 1. The standard InChI is InChI=1S/C18H14Br2O3/c19-9-1-2-10-23-16-7-8-17(14(11-16)12-21)18(22)13-3-5-15(20)6-4-13/h1-8,11-12H,9-10H2/b2-1+. The Morgan fingerprint density at radius 2 is 1.83 bits per heavy atom. The summed E-state index contributed by atoms with van der Waals surface area (Å²) in [7, 11) is 0. The van der Waals surface area contributed by atoms with Crippen LogP contribution >= 0.6 is 31.9 Å². The first-order chi connectivity index (χ1) is 11.2. The van der Waals surface area contributed by atoms with Crippen LogP contribution in [-0.2, 0) is 0 Å². The van der Waals surface area contributed by atoms with E-state index in [1.165, 1.54) is 0 Å². The molecule has 0 N–H and O–H groups in total. The molecule has 0 amide bonds. The largest absolute Gasteiger partial charge is 0.490 e. The number of hydrogen-bond donors (Lipinski definition) is 0. The van der Waals surface area contributed by atoms with Crippen LogP contribution in [0.25, 0.3) is 0 Å². The van der Waals surface area contributed by atoms with E-state index in [1.807, 2.05) is 12.2 Å². The molecule has 2 aromatic rings. The molecule has 0 spiro atoms. The Kier molecular flexibility index (Phi) is 6.74. The van der Waals surface area contributed by atoms with Crippen molar-refractivity contribution in [2.45, 2.75) is 0 Å². The molecule has 5 heteroatoms. The number of benzene rings is 2. The van der Waals surface area contributed by atoms with Crippen molar-refractivity contribution < 1.29 is 14.3 Å². The molecule has 0 radical (unpaired) electrons. The summed E-state index contributed by atoms with van der Waals surface area (Å²) in [4.78, 5) is 23.8. The van der Waals surface area contributed by atoms with Gasteiger partial charge in [-0.25, -0.2) is 0 Å². The van der Waals surface area contributed by atoms with Crippen LogP contribution in [0.1, 0.15) is 26.3 Å². The second-order valence-corrected chi connectivity index (χ2v) is 6.20. The van der Waals surface area contributed by atoms with Gasteiger partial charge in [-0.3, -0.25) is 9.59 Å². The third-order valence-electron chi connectivity index (χ3n) is 3.10. The lowest BCUT2D eigenvalue weighted by Crippen LogP contribution is -2.06. The highest BCUT2D eigenvalue weighted by molar-refractivity contribution is 9.10. The molecule has 0 aliphatic heterocycles. The third kappa shape index (κ3) is 4.88. The Morgan fingerprint density at radius 1 is 1.09 bits per heavy atom. The van der Waals surface area contributed by atoms with Crippen molar-refractivity contribution in [3.63, 3.8) is 0 Å². The Balaban J connectivity index is 2.22. The van der Waals surface area contributed by atoms with E-state index in [1.54, 1.807) is 42.5 Å². The summed E-state index contributed by atoms with van der Waals surface area (Å²) >= 11 is 6.61. The number of hydrogen-bond acceptors (Lipinski definition) is 3. The van der Waals surface area contributed by atoms with E-state index in [4.69, 9.17) is 4.74 Å². The highest BCUT2D eigenvalue weighted by Gasteiger charge is 2.14. The molecule has 23 heavy (non-hydrogen) atoms. The van der Waals surface area contributed by atoms with Gasteiger partial charge in [0.05, 0.1) is 0 Å². The smallest absolute Gasteiger partial charge is 0.193 e. The van der Waals surface area contributed by atoms with Crippen LogP contribution in [0.2, 0.25) is 0 Å². The minimum absolute atomic E-state index is 0.190. The molecule has 118 valence electrons. The van der Waals surface area contributed by atoms with E-state index in [-0.39, 0.29) is 5.78 Å². The van der Waals surface area contributed by atoms with Crippen LogP contribution in [0.4, 0.5) is 0 Å². The van der Waals surface area contributed by atoms with Crippen LogP contribution in [0, 0.1) is 0 Å². The fraction of sp³-hybridized carbons (Fsp3) is 0.111. The number of carbonyl (C=O) groups is 2. The zero-order valence-corrected chi connectivity index (χ0v) is 15.3. The third-order valence-corrected chi connectivity index (χ3v) is 4.01. The van der Waals surface area contributed by atoms with Gasteiger partial charge in [-0.05, 0) is 42.5 Å². The number of rotatable bonds is 7. The lowest BCUT2D eigenvalue weighted by Gasteiger charge is -2.08. The molecule has 2 rings (SSSR count). The van der Waals surface area contributed by atoms with Crippen LogP contribution in [0.5, 0.6) is 5.75 Å². The molecule has 0 atom stereocenters. The first-order valence-corrected chi connectivity index (χ1v) is 8.80. The Bertz CT molecular complexity index is 722. The molecule has 0 saturated carbocycles. The molecule has 2 aromatic carbocycles. The number of alkyl halides is 1. The maximum Gasteiger partial charge on any atom is 0.193 e. The molecular weight excluding hydrogens is 424 g/mol. The Labute approximate surface area is 151 Å². The van der Waals surface area contributed by atoms with Gasteiger partial charge in [-0.1, -0.05) is 44.0 Å². The first kappa shape index (κ1) is 17.6. The molecule has 0 saturated heterocycles. The topological polar surface area (TPSA) is 43.4 Å². The van der Waals surface area contributed by atoms with Gasteiger partial charge in [-0.15, -0.1) is 0 Å². The molecule has 0 aliphatic carbocycles. The van der Waals surface area contributed by atoms with Crippen molar-refractivity contribution in [3.8, 4) is 5.75 Å². The predicted octanol–water partition coefficient (Wildman–Crippen LogP) is 4.82. The number of ketones is 1. The van der Waals surface area contributed by atoms with Crippen molar-refractivity contribution in [1.29, 1.82) is 0 Å². The second kappa shape index (κ2) is 8.79. The van der Waals surface area contributed by atoms with Gasteiger partial charge >= 0.3 is 0 Å². The fourth-order valence-corrected chi connectivity index (χ4v) is 2.50. The van der Waals surface area contributed by atoms with E-state index in [0.717, 1.165) is 9.80 Å². The maximum atomic E-state index is 12.5. The van der Waals surface area contributed by atoms with Crippen molar-refractivity contribution in [2.24, 2.45) is 0 Å². The van der Waals surface area contributed by atoms with Crippen LogP contribution in [-0.4, -0.2) is 24.0 Å². The summed E-state index contributed by atoms with van der Waals surface area (Å²) in [5, 5.41) is 0.760. The van der Waals surface area contributed by atoms with Crippen molar-refractivity contribution in [2.75, 3.05) is 11.9 Å². The SMILES string of the molecule is O=Cc1cc(OC/C=C/CBr)ccc1C(=O)c1ccc(Br)cc1. The highest BCUT2D eigenvalue weighted by Crippen LogP contribution is 2.21. The van der Waals surface area contributed by atoms with Crippen LogP contribution in [0.3, 0.4) is 0 Å². The maximum absolute atomic E-state index is 12.5. The minimum atomic E-state index is -0.190. The lowest BCUT2D eigenvalue weighted by molar-refractivity contribution is 0.102. The zero-order valence-electron chi connectivity index (χ0n) is 12.2. The monoisotopic (exact) mass is 436 g/mol. The number of carbonyl (C=O) groups excluding carboxylic acids is 2. The molecule has 0 aliphatic rings. The van der Waals surface area contributed by atoms with E-state index < -0.39 is 0 Å². The van der Waals surface area contributed by atoms with Gasteiger partial charge < -0.3 is 4.74 Å². The highest BCUT2D eigenvalue weighted by atomic mass is 79.9. The van der Waals surface area contributed by atoms with E-state index in [0.29, 0.717) is 35.3 Å². The van der Waals surface area contributed by atoms with Crippen molar-refractivity contribution in [3.05, 3.63) is 75.8 Å². The molecule has 0 aromatic heterocycles. The Morgan fingerprint density at radius 3 is 2.48 bits per heavy atom. The van der Waals surface area contributed by atoms with Crippen molar-refractivity contribution >= 4 is 43.9 Å². The summed E-state index contributed by atoms with van der Waals surface area (Å²) in [6.07, 6.45) is 4.47.